The molecule has 6 heteroatoms. The van der Waals surface area contributed by atoms with Crippen molar-refractivity contribution in [2.24, 2.45) is 11.8 Å². The van der Waals surface area contributed by atoms with Gasteiger partial charge in [-0.1, -0.05) is 30.4 Å². The molecule has 3 aliphatic rings. The molecule has 2 N–H and O–H groups in total. The molecule has 6 nitrogen and oxygen atoms in total. The van der Waals surface area contributed by atoms with Crippen molar-refractivity contribution in [3.8, 4) is 0 Å². The van der Waals surface area contributed by atoms with Crippen molar-refractivity contribution in [1.29, 1.82) is 0 Å². The van der Waals surface area contributed by atoms with Gasteiger partial charge in [0.25, 0.3) is 11.8 Å². The van der Waals surface area contributed by atoms with Crippen LogP contribution in [0.5, 0.6) is 0 Å². The zero-order chi connectivity index (χ0) is 16.1. The number of carbonyl (C=O) groups is 3. The Bertz CT molecular complexity index is 779. The van der Waals surface area contributed by atoms with E-state index in [9.17, 15) is 19.5 Å². The number of nitrogens with one attached hydrogen (secondary N) is 1. The molecule has 23 heavy (non-hydrogen) atoms. The number of rotatable bonds is 2. The van der Waals surface area contributed by atoms with Gasteiger partial charge in [0.1, 0.15) is 11.3 Å². The predicted octanol–water partition coefficient (Wildman–Crippen LogP) is 0.907. The van der Waals surface area contributed by atoms with E-state index in [0.717, 1.165) is 0 Å². The molecule has 0 radical (unpaired) electrons. The van der Waals surface area contributed by atoms with Crippen molar-refractivity contribution >= 4 is 17.6 Å². The number of imide groups is 1. The highest BCUT2D eigenvalue weighted by atomic mass is 16.5. The Morgan fingerprint density at radius 1 is 1.00 bits per heavy atom. The minimum atomic E-state index is -0.866. The summed E-state index contributed by atoms with van der Waals surface area (Å²) in [6.07, 6.45) is 2.76. The summed E-state index contributed by atoms with van der Waals surface area (Å²) in [4.78, 5) is 36.8. The molecular formula is C17H13NO5. The maximum atomic E-state index is 12.4. The third kappa shape index (κ3) is 1.95. The minimum absolute atomic E-state index is 0.282. The van der Waals surface area contributed by atoms with Gasteiger partial charge >= 0.3 is 0 Å². The summed E-state index contributed by atoms with van der Waals surface area (Å²) in [6.45, 7) is 0. The van der Waals surface area contributed by atoms with Gasteiger partial charge in [0.15, 0.2) is 5.78 Å². The number of fused-ring (bicyclic) bond motifs is 5. The summed E-state index contributed by atoms with van der Waals surface area (Å²) >= 11 is 0. The number of benzene rings is 1. The van der Waals surface area contributed by atoms with Crippen LogP contribution in [-0.2, 0) is 14.3 Å². The second kappa shape index (κ2) is 4.89. The SMILES string of the molecule is O=C(NC(=O)c1ccccc1)C1=C(O)C2C3C=CC(O3)C2C1=O. The second-order valence-electron chi connectivity index (χ2n) is 5.78. The van der Waals surface area contributed by atoms with E-state index in [0.29, 0.717) is 5.56 Å². The fourth-order valence-electron chi connectivity index (χ4n) is 3.46. The summed E-state index contributed by atoms with van der Waals surface area (Å²) in [5.41, 5.74) is -0.0251. The zero-order valence-corrected chi connectivity index (χ0v) is 11.9. The fourth-order valence-corrected chi connectivity index (χ4v) is 3.46. The summed E-state index contributed by atoms with van der Waals surface area (Å²) in [5.74, 6) is -3.33. The lowest BCUT2D eigenvalue weighted by atomic mass is 9.84. The van der Waals surface area contributed by atoms with Crippen molar-refractivity contribution in [1.82, 2.24) is 5.32 Å². The standard InChI is InChI=1S/C17H13NO5/c19-14-11-9-6-7-10(23-9)12(11)15(20)13(14)17(22)18-16(21)8-4-2-1-3-5-8/h1-7,9-12,19H,(H,18,21,22). The van der Waals surface area contributed by atoms with Crippen LogP contribution in [0, 0.1) is 11.8 Å². The summed E-state index contributed by atoms with van der Waals surface area (Å²) in [6, 6.07) is 8.20. The van der Waals surface area contributed by atoms with Crippen LogP contribution in [0.1, 0.15) is 10.4 Å². The van der Waals surface area contributed by atoms with Crippen LogP contribution in [0.25, 0.3) is 0 Å². The van der Waals surface area contributed by atoms with Crippen molar-refractivity contribution in [2.75, 3.05) is 0 Å². The van der Waals surface area contributed by atoms with Crippen LogP contribution in [0.3, 0.4) is 0 Å². The van der Waals surface area contributed by atoms with Crippen molar-refractivity contribution in [2.45, 2.75) is 12.2 Å². The highest BCUT2D eigenvalue weighted by Gasteiger charge is 2.58. The van der Waals surface area contributed by atoms with E-state index < -0.39 is 35.5 Å². The normalized spacial score (nSPS) is 30.7. The summed E-state index contributed by atoms with van der Waals surface area (Å²) in [5, 5.41) is 12.4. The molecule has 116 valence electrons. The minimum Gasteiger partial charge on any atom is -0.511 e. The third-order valence-corrected chi connectivity index (χ3v) is 4.51. The van der Waals surface area contributed by atoms with Gasteiger partial charge in [0, 0.05) is 5.56 Å². The summed E-state index contributed by atoms with van der Waals surface area (Å²) < 4.78 is 5.53. The molecule has 4 atom stereocenters. The maximum Gasteiger partial charge on any atom is 0.265 e. The van der Waals surface area contributed by atoms with Gasteiger partial charge in [-0.05, 0) is 12.1 Å². The molecule has 2 bridgehead atoms. The number of hydrogen-bond donors (Lipinski definition) is 2. The van der Waals surface area contributed by atoms with Crippen molar-refractivity contribution in [3.05, 3.63) is 59.4 Å². The smallest absolute Gasteiger partial charge is 0.265 e. The topological polar surface area (TPSA) is 92.7 Å². The summed E-state index contributed by atoms with van der Waals surface area (Å²) in [7, 11) is 0. The second-order valence-corrected chi connectivity index (χ2v) is 5.78. The Labute approximate surface area is 131 Å². The average Bonchev–Trinajstić information content (AvgIpc) is 3.22. The van der Waals surface area contributed by atoms with Crippen LogP contribution in [-0.4, -0.2) is 34.9 Å². The lowest BCUT2D eigenvalue weighted by Gasteiger charge is -2.15. The Kier molecular flexibility index (Phi) is 2.96. The number of Topliss-reactive ketones (excluding diaryl/α,β-unsaturated/α-hetero) is 1. The van der Waals surface area contributed by atoms with Crippen molar-refractivity contribution < 1.29 is 24.2 Å². The first-order valence-electron chi connectivity index (χ1n) is 7.30. The number of aliphatic hydroxyl groups is 1. The molecule has 1 fully saturated rings. The molecule has 1 aliphatic carbocycles. The molecule has 1 aromatic carbocycles. The van der Waals surface area contributed by atoms with E-state index in [4.69, 9.17) is 4.74 Å². The molecule has 0 spiro atoms. The molecule has 1 aromatic rings. The van der Waals surface area contributed by atoms with Gasteiger partial charge in [0.05, 0.1) is 24.0 Å². The molecule has 2 aliphatic heterocycles. The van der Waals surface area contributed by atoms with E-state index in [1.807, 2.05) is 0 Å². The molecule has 4 rings (SSSR count). The van der Waals surface area contributed by atoms with Crippen LogP contribution < -0.4 is 5.32 Å². The Hall–Kier alpha value is -2.73. The van der Waals surface area contributed by atoms with Crippen LogP contribution >= 0.6 is 0 Å². The molecule has 4 unspecified atom stereocenters. The number of amides is 2. The first kappa shape index (κ1) is 13.9. The number of carbonyl (C=O) groups excluding carboxylic acids is 3. The van der Waals surface area contributed by atoms with E-state index in [2.05, 4.69) is 5.32 Å². The Balaban J connectivity index is 1.57. The molecule has 0 saturated carbocycles. The van der Waals surface area contributed by atoms with Gasteiger partial charge in [-0.25, -0.2) is 0 Å². The number of hydrogen-bond acceptors (Lipinski definition) is 5. The average molecular weight is 311 g/mol. The first-order chi connectivity index (χ1) is 11.1. The van der Waals surface area contributed by atoms with Crippen molar-refractivity contribution in [3.63, 3.8) is 0 Å². The first-order valence-corrected chi connectivity index (χ1v) is 7.30. The molecular weight excluding hydrogens is 298 g/mol. The lowest BCUT2D eigenvalue weighted by Crippen LogP contribution is -2.35. The Morgan fingerprint density at radius 2 is 1.65 bits per heavy atom. The van der Waals surface area contributed by atoms with Crippen LogP contribution in [0.15, 0.2) is 53.8 Å². The third-order valence-electron chi connectivity index (χ3n) is 4.51. The predicted molar refractivity (Wildman–Crippen MR) is 78.4 cm³/mol. The number of aliphatic hydroxyl groups excluding tert-OH is 1. The van der Waals surface area contributed by atoms with Crippen LogP contribution in [0.2, 0.25) is 0 Å². The molecule has 1 saturated heterocycles. The maximum absolute atomic E-state index is 12.4. The van der Waals surface area contributed by atoms with Crippen LogP contribution in [0.4, 0.5) is 0 Å². The van der Waals surface area contributed by atoms with Gasteiger partial charge in [-0.2, -0.15) is 0 Å². The fraction of sp³-hybridized carbons (Fsp3) is 0.235. The monoisotopic (exact) mass is 311 g/mol. The van der Waals surface area contributed by atoms with E-state index in [1.165, 1.54) is 0 Å². The Morgan fingerprint density at radius 3 is 2.30 bits per heavy atom. The molecule has 2 amide bonds. The van der Waals surface area contributed by atoms with Gasteiger partial charge < -0.3 is 9.84 Å². The highest BCUT2D eigenvalue weighted by molar-refractivity contribution is 6.26. The van der Waals surface area contributed by atoms with E-state index in [1.54, 1.807) is 42.5 Å². The largest absolute Gasteiger partial charge is 0.511 e. The quantitative estimate of drug-likeness (QED) is 0.481. The van der Waals surface area contributed by atoms with E-state index >= 15 is 0 Å². The van der Waals surface area contributed by atoms with Gasteiger partial charge in [-0.3, -0.25) is 19.7 Å². The number of ether oxygens (including phenoxy) is 1. The zero-order valence-electron chi connectivity index (χ0n) is 11.9. The van der Waals surface area contributed by atoms with Gasteiger partial charge in [-0.15, -0.1) is 0 Å². The number of ketones is 1. The highest BCUT2D eigenvalue weighted by Crippen LogP contribution is 2.48. The lowest BCUT2D eigenvalue weighted by molar-refractivity contribution is -0.124. The molecule has 0 aromatic heterocycles. The van der Waals surface area contributed by atoms with Gasteiger partial charge in [0.2, 0.25) is 0 Å². The molecule has 2 heterocycles. The van der Waals surface area contributed by atoms with E-state index in [-0.39, 0.29) is 17.4 Å².